The maximum absolute atomic E-state index is 13.1. The van der Waals surface area contributed by atoms with Gasteiger partial charge in [0.1, 0.15) is 15.8 Å². The van der Waals surface area contributed by atoms with Crippen LogP contribution in [-0.2, 0) is 9.53 Å². The molecule has 0 aromatic carbocycles. The van der Waals surface area contributed by atoms with Crippen LogP contribution in [0.15, 0.2) is 46.8 Å². The van der Waals surface area contributed by atoms with E-state index in [2.05, 4.69) is 16.9 Å². The molecular weight excluding hydrogens is 420 g/mol. The topological polar surface area (TPSA) is 75.9 Å². The number of aromatic nitrogens is 2. The number of hydrogen-bond acceptors (Lipinski definition) is 7. The number of hydrogen-bond donors (Lipinski definition) is 1. The molecule has 0 spiro atoms. The van der Waals surface area contributed by atoms with E-state index < -0.39 is 0 Å². The number of nitrogens with one attached hydrogen (secondary N) is 1. The molecule has 0 bridgehead atoms. The summed E-state index contributed by atoms with van der Waals surface area (Å²) in [4.78, 5) is 32.3. The fourth-order valence-corrected chi connectivity index (χ4v) is 4.14. The SMILES string of the molecule is C=CCN1C(=O)/C(=C/c2c(NCCCOC(C)C)nc3ccccn3c2=O)SC1=S. The van der Waals surface area contributed by atoms with E-state index in [0.29, 0.717) is 46.0 Å². The fraction of sp³-hybridized carbons (Fsp3) is 0.333. The number of carbonyl (C=O) groups excluding carboxylic acids is 1. The van der Waals surface area contributed by atoms with Gasteiger partial charge in [-0.3, -0.25) is 18.9 Å². The van der Waals surface area contributed by atoms with Crippen LogP contribution in [0.5, 0.6) is 0 Å². The van der Waals surface area contributed by atoms with Crippen molar-refractivity contribution in [3.05, 3.63) is 57.9 Å². The number of rotatable bonds is 9. The molecule has 0 saturated carbocycles. The lowest BCUT2D eigenvalue weighted by Gasteiger charge is -2.12. The second-order valence-electron chi connectivity index (χ2n) is 6.89. The van der Waals surface area contributed by atoms with Crippen LogP contribution in [0.2, 0.25) is 0 Å². The summed E-state index contributed by atoms with van der Waals surface area (Å²) in [5.74, 6) is 0.198. The largest absolute Gasteiger partial charge is 0.379 e. The van der Waals surface area contributed by atoms with Crippen molar-refractivity contribution in [2.75, 3.05) is 25.0 Å². The lowest BCUT2D eigenvalue weighted by atomic mass is 10.2. The first-order valence-electron chi connectivity index (χ1n) is 9.65. The number of nitrogens with zero attached hydrogens (tertiary/aromatic N) is 3. The lowest BCUT2D eigenvalue weighted by Crippen LogP contribution is -2.28. The number of pyridine rings is 1. The minimum atomic E-state index is -0.254. The lowest BCUT2D eigenvalue weighted by molar-refractivity contribution is -0.121. The molecule has 1 aliphatic rings. The molecule has 0 unspecified atom stereocenters. The number of amides is 1. The molecule has 2 aromatic rings. The van der Waals surface area contributed by atoms with E-state index >= 15 is 0 Å². The average Bonchev–Trinajstić information content (AvgIpc) is 2.98. The summed E-state index contributed by atoms with van der Waals surface area (Å²) in [5, 5.41) is 3.22. The predicted molar refractivity (Wildman–Crippen MR) is 126 cm³/mol. The van der Waals surface area contributed by atoms with Crippen LogP contribution in [0.1, 0.15) is 25.8 Å². The van der Waals surface area contributed by atoms with E-state index in [1.807, 2.05) is 19.9 Å². The van der Waals surface area contributed by atoms with Crippen LogP contribution >= 0.6 is 24.0 Å². The normalized spacial score (nSPS) is 15.6. The van der Waals surface area contributed by atoms with Crippen molar-refractivity contribution in [1.82, 2.24) is 14.3 Å². The number of carbonyl (C=O) groups is 1. The Morgan fingerprint density at radius 2 is 2.17 bits per heavy atom. The summed E-state index contributed by atoms with van der Waals surface area (Å²) in [7, 11) is 0. The highest BCUT2D eigenvalue weighted by atomic mass is 32.2. The molecule has 1 amide bonds. The quantitative estimate of drug-likeness (QED) is 0.275. The van der Waals surface area contributed by atoms with Gasteiger partial charge in [-0.15, -0.1) is 6.58 Å². The zero-order valence-electron chi connectivity index (χ0n) is 17.0. The highest BCUT2D eigenvalue weighted by Crippen LogP contribution is 2.32. The number of thiocarbonyl (C=S) groups is 1. The minimum Gasteiger partial charge on any atom is -0.379 e. The molecule has 0 radical (unpaired) electrons. The van der Waals surface area contributed by atoms with E-state index in [1.165, 1.54) is 21.1 Å². The van der Waals surface area contributed by atoms with Crippen molar-refractivity contribution >= 4 is 51.7 Å². The van der Waals surface area contributed by atoms with Gasteiger partial charge in [-0.05, 0) is 38.5 Å². The molecule has 1 N–H and O–H groups in total. The molecule has 0 aliphatic carbocycles. The summed E-state index contributed by atoms with van der Waals surface area (Å²) >= 11 is 6.46. The smallest absolute Gasteiger partial charge is 0.267 e. The average molecular weight is 445 g/mol. The van der Waals surface area contributed by atoms with Gasteiger partial charge < -0.3 is 10.1 Å². The Hall–Kier alpha value is -2.49. The van der Waals surface area contributed by atoms with Gasteiger partial charge in [-0.25, -0.2) is 4.98 Å². The van der Waals surface area contributed by atoms with Crippen molar-refractivity contribution < 1.29 is 9.53 Å². The van der Waals surface area contributed by atoms with Gasteiger partial charge in [-0.2, -0.15) is 0 Å². The number of ether oxygens (including phenoxy) is 1. The zero-order valence-corrected chi connectivity index (χ0v) is 18.6. The number of anilines is 1. The molecule has 3 heterocycles. The molecular formula is C21H24N4O3S2. The Morgan fingerprint density at radius 3 is 2.90 bits per heavy atom. The second kappa shape index (κ2) is 10.0. The Kier molecular flexibility index (Phi) is 7.41. The fourth-order valence-electron chi connectivity index (χ4n) is 2.88. The Morgan fingerprint density at radius 1 is 1.37 bits per heavy atom. The predicted octanol–water partition coefficient (Wildman–Crippen LogP) is 3.31. The second-order valence-corrected chi connectivity index (χ2v) is 8.56. The van der Waals surface area contributed by atoms with Crippen molar-refractivity contribution in [3.63, 3.8) is 0 Å². The van der Waals surface area contributed by atoms with E-state index in [4.69, 9.17) is 17.0 Å². The zero-order chi connectivity index (χ0) is 21.7. The highest BCUT2D eigenvalue weighted by Gasteiger charge is 2.31. The van der Waals surface area contributed by atoms with E-state index in [1.54, 1.807) is 30.5 Å². The third kappa shape index (κ3) is 4.97. The van der Waals surface area contributed by atoms with Crippen LogP contribution in [0.25, 0.3) is 11.7 Å². The van der Waals surface area contributed by atoms with Gasteiger partial charge in [-0.1, -0.05) is 36.1 Å². The molecule has 7 nitrogen and oxygen atoms in total. The highest BCUT2D eigenvalue weighted by molar-refractivity contribution is 8.26. The molecule has 1 fully saturated rings. The molecule has 1 aliphatic heterocycles. The van der Waals surface area contributed by atoms with E-state index in [-0.39, 0.29) is 17.6 Å². The maximum atomic E-state index is 13.1. The molecule has 158 valence electrons. The first kappa shape index (κ1) is 22.2. The van der Waals surface area contributed by atoms with Crippen LogP contribution < -0.4 is 10.9 Å². The minimum absolute atomic E-state index is 0.168. The Balaban J connectivity index is 1.94. The van der Waals surface area contributed by atoms with Gasteiger partial charge >= 0.3 is 0 Å². The monoisotopic (exact) mass is 444 g/mol. The number of fused-ring (bicyclic) bond motifs is 1. The maximum Gasteiger partial charge on any atom is 0.267 e. The third-order valence-electron chi connectivity index (χ3n) is 4.29. The standard InChI is InChI=1S/C21H24N4O3S2/c1-4-10-25-20(27)16(30-21(25)29)13-15-18(22-9-7-12-28-14(2)3)23-17-8-5-6-11-24(17)19(15)26/h4-6,8,11,13-14,22H,1,7,9-10,12H2,2-3H3/b16-13-. The van der Waals surface area contributed by atoms with E-state index in [9.17, 15) is 9.59 Å². The van der Waals surface area contributed by atoms with Crippen molar-refractivity contribution in [3.8, 4) is 0 Å². The third-order valence-corrected chi connectivity index (χ3v) is 5.67. The van der Waals surface area contributed by atoms with Crippen LogP contribution in [0.3, 0.4) is 0 Å². The van der Waals surface area contributed by atoms with E-state index in [0.717, 1.165) is 6.42 Å². The molecule has 1 saturated heterocycles. The van der Waals surface area contributed by atoms with Gasteiger partial charge in [0.25, 0.3) is 11.5 Å². The van der Waals surface area contributed by atoms with Gasteiger partial charge in [0.05, 0.1) is 16.6 Å². The molecule has 2 aromatic heterocycles. The summed E-state index contributed by atoms with van der Waals surface area (Å²) in [6, 6.07) is 5.35. The summed E-state index contributed by atoms with van der Waals surface area (Å²) < 4.78 is 7.46. The summed E-state index contributed by atoms with van der Waals surface area (Å²) in [6.07, 6.45) is 5.78. The van der Waals surface area contributed by atoms with Crippen LogP contribution in [0.4, 0.5) is 5.82 Å². The number of thioether (sulfide) groups is 1. The Bertz CT molecular complexity index is 1060. The first-order valence-corrected chi connectivity index (χ1v) is 10.9. The first-order chi connectivity index (χ1) is 14.4. The molecule has 30 heavy (non-hydrogen) atoms. The van der Waals surface area contributed by atoms with Crippen molar-refractivity contribution in [1.29, 1.82) is 0 Å². The molecule has 0 atom stereocenters. The van der Waals surface area contributed by atoms with Crippen molar-refractivity contribution in [2.24, 2.45) is 0 Å². The summed E-state index contributed by atoms with van der Waals surface area (Å²) in [6.45, 7) is 9.15. The van der Waals surface area contributed by atoms with Gasteiger partial charge in [0.15, 0.2) is 0 Å². The van der Waals surface area contributed by atoms with Gasteiger partial charge in [0, 0.05) is 25.9 Å². The summed E-state index contributed by atoms with van der Waals surface area (Å²) in [5.41, 5.74) is 0.595. The van der Waals surface area contributed by atoms with Crippen LogP contribution in [0, 0.1) is 0 Å². The van der Waals surface area contributed by atoms with Crippen molar-refractivity contribution in [2.45, 2.75) is 26.4 Å². The Labute approximate surface area is 184 Å². The van der Waals surface area contributed by atoms with Crippen LogP contribution in [-0.4, -0.2) is 50.3 Å². The van der Waals surface area contributed by atoms with Gasteiger partial charge in [0.2, 0.25) is 0 Å². The molecule has 9 heteroatoms. The molecule has 3 rings (SSSR count).